The van der Waals surface area contributed by atoms with Crippen molar-refractivity contribution < 1.29 is 23.8 Å². The van der Waals surface area contributed by atoms with Gasteiger partial charge in [-0.05, 0) is 29.8 Å². The van der Waals surface area contributed by atoms with Gasteiger partial charge < -0.3 is 20.5 Å². The van der Waals surface area contributed by atoms with E-state index in [0.29, 0.717) is 23.2 Å². The average Bonchev–Trinajstić information content (AvgIpc) is 2.68. The van der Waals surface area contributed by atoms with Crippen LogP contribution in [0.4, 0.5) is 4.39 Å². The molecule has 0 aromatic heterocycles. The van der Waals surface area contributed by atoms with E-state index in [-0.39, 0.29) is 36.4 Å². The van der Waals surface area contributed by atoms with Crippen molar-refractivity contribution in [2.75, 3.05) is 13.2 Å². The van der Waals surface area contributed by atoms with Crippen LogP contribution in [0.25, 0.3) is 0 Å². The molecule has 0 heterocycles. The third-order valence-corrected chi connectivity index (χ3v) is 3.97. The molecule has 0 atom stereocenters. The van der Waals surface area contributed by atoms with Crippen molar-refractivity contribution in [1.82, 2.24) is 10.6 Å². The van der Waals surface area contributed by atoms with Crippen molar-refractivity contribution >= 4 is 23.4 Å². The Balaban J connectivity index is 1.70. The summed E-state index contributed by atoms with van der Waals surface area (Å²) >= 11 is 5.57. The first kappa shape index (κ1) is 21.4. The van der Waals surface area contributed by atoms with Gasteiger partial charge in [0.05, 0.1) is 11.6 Å². The van der Waals surface area contributed by atoms with Gasteiger partial charge >= 0.3 is 0 Å². The van der Waals surface area contributed by atoms with Crippen LogP contribution in [0.3, 0.4) is 0 Å². The van der Waals surface area contributed by atoms with E-state index in [1.807, 2.05) is 0 Å². The lowest BCUT2D eigenvalue weighted by molar-refractivity contribution is -0.122. The molecule has 0 bridgehead atoms. The zero-order valence-corrected chi connectivity index (χ0v) is 15.8. The number of halogens is 2. The molecule has 6 nitrogen and oxygen atoms in total. The standard InChI is InChI=1S/C20H20ClFN2O4/c1-13(7-8-23-20(27)15-4-2-3-14(9-15)11-25)24-19(26)12-28-16-5-6-17(21)18(22)10-16/h2-6,9-10,25H,1,7-8,11-12H2,(H,23,27)(H,24,26). The molecule has 2 rings (SSSR count). The molecule has 8 heteroatoms. The fourth-order valence-electron chi connectivity index (χ4n) is 2.25. The number of nitrogens with one attached hydrogen (secondary N) is 2. The number of aliphatic hydroxyl groups is 1. The van der Waals surface area contributed by atoms with E-state index >= 15 is 0 Å². The second-order valence-corrected chi connectivity index (χ2v) is 6.29. The van der Waals surface area contributed by atoms with Crippen molar-refractivity contribution in [3.63, 3.8) is 0 Å². The third-order valence-electron chi connectivity index (χ3n) is 3.66. The first-order valence-corrected chi connectivity index (χ1v) is 8.80. The normalized spacial score (nSPS) is 10.2. The van der Waals surface area contributed by atoms with Crippen LogP contribution < -0.4 is 15.4 Å². The Morgan fingerprint density at radius 2 is 2.00 bits per heavy atom. The molecule has 0 unspecified atom stereocenters. The molecule has 2 amide bonds. The number of aliphatic hydroxyl groups excluding tert-OH is 1. The molecular weight excluding hydrogens is 387 g/mol. The number of carbonyl (C=O) groups is 2. The molecule has 2 aromatic carbocycles. The zero-order valence-electron chi connectivity index (χ0n) is 15.0. The van der Waals surface area contributed by atoms with Crippen LogP contribution in [0.2, 0.25) is 5.02 Å². The quantitative estimate of drug-likeness (QED) is 0.597. The highest BCUT2D eigenvalue weighted by molar-refractivity contribution is 6.30. The predicted octanol–water partition coefficient (Wildman–Crippen LogP) is 2.80. The summed E-state index contributed by atoms with van der Waals surface area (Å²) in [5, 5.41) is 14.3. The van der Waals surface area contributed by atoms with Gasteiger partial charge in [0.2, 0.25) is 0 Å². The fourth-order valence-corrected chi connectivity index (χ4v) is 2.37. The smallest absolute Gasteiger partial charge is 0.262 e. The first-order chi connectivity index (χ1) is 13.4. The second-order valence-electron chi connectivity index (χ2n) is 5.88. The number of ether oxygens (including phenoxy) is 1. The molecule has 28 heavy (non-hydrogen) atoms. The summed E-state index contributed by atoms with van der Waals surface area (Å²) < 4.78 is 18.5. The average molecular weight is 407 g/mol. The maximum Gasteiger partial charge on any atom is 0.262 e. The van der Waals surface area contributed by atoms with Gasteiger partial charge in [0.15, 0.2) is 6.61 Å². The summed E-state index contributed by atoms with van der Waals surface area (Å²) in [4.78, 5) is 23.9. The van der Waals surface area contributed by atoms with Crippen molar-refractivity contribution in [2.45, 2.75) is 13.0 Å². The van der Waals surface area contributed by atoms with Crippen LogP contribution >= 0.6 is 11.6 Å². The van der Waals surface area contributed by atoms with Crippen LogP contribution in [-0.4, -0.2) is 30.1 Å². The molecule has 0 aliphatic heterocycles. The molecule has 0 aliphatic rings. The molecule has 0 fully saturated rings. The van der Waals surface area contributed by atoms with E-state index in [4.69, 9.17) is 21.4 Å². The summed E-state index contributed by atoms with van der Waals surface area (Å²) in [6.07, 6.45) is 0.326. The molecule has 0 spiro atoms. The minimum Gasteiger partial charge on any atom is -0.484 e. The number of carbonyl (C=O) groups excluding carboxylic acids is 2. The number of benzene rings is 2. The fraction of sp³-hybridized carbons (Fsp3) is 0.200. The molecule has 148 valence electrons. The highest BCUT2D eigenvalue weighted by Crippen LogP contribution is 2.20. The highest BCUT2D eigenvalue weighted by atomic mass is 35.5. The zero-order chi connectivity index (χ0) is 20.5. The third kappa shape index (κ3) is 6.68. The highest BCUT2D eigenvalue weighted by Gasteiger charge is 2.08. The minimum absolute atomic E-state index is 0.0321. The Bertz CT molecular complexity index is 873. The Morgan fingerprint density at radius 1 is 1.21 bits per heavy atom. The lowest BCUT2D eigenvalue weighted by atomic mass is 10.1. The summed E-state index contributed by atoms with van der Waals surface area (Å²) in [6.45, 7) is 3.53. The van der Waals surface area contributed by atoms with Crippen molar-refractivity contribution in [2.24, 2.45) is 0 Å². The molecule has 0 aliphatic carbocycles. The van der Waals surface area contributed by atoms with E-state index in [0.717, 1.165) is 6.07 Å². The monoisotopic (exact) mass is 406 g/mol. The van der Waals surface area contributed by atoms with Crippen LogP contribution in [0.15, 0.2) is 54.7 Å². The molecule has 0 radical (unpaired) electrons. The van der Waals surface area contributed by atoms with Crippen LogP contribution in [0, 0.1) is 5.82 Å². The van der Waals surface area contributed by atoms with E-state index in [1.165, 1.54) is 12.1 Å². The number of hydrogen-bond donors (Lipinski definition) is 3. The van der Waals surface area contributed by atoms with E-state index in [9.17, 15) is 14.0 Å². The molecule has 3 N–H and O–H groups in total. The van der Waals surface area contributed by atoms with E-state index in [2.05, 4.69) is 17.2 Å². The maximum atomic E-state index is 13.3. The summed E-state index contributed by atoms with van der Waals surface area (Å²) in [6, 6.07) is 10.5. The predicted molar refractivity (Wildman–Crippen MR) is 104 cm³/mol. The van der Waals surface area contributed by atoms with Gasteiger partial charge in [-0.2, -0.15) is 0 Å². The Morgan fingerprint density at radius 3 is 2.71 bits per heavy atom. The summed E-state index contributed by atoms with van der Waals surface area (Å²) in [5.41, 5.74) is 1.48. The van der Waals surface area contributed by atoms with Gasteiger partial charge in [0.1, 0.15) is 11.6 Å². The summed E-state index contributed by atoms with van der Waals surface area (Å²) in [7, 11) is 0. The van der Waals surface area contributed by atoms with E-state index in [1.54, 1.807) is 24.3 Å². The van der Waals surface area contributed by atoms with Crippen LogP contribution in [0.5, 0.6) is 5.75 Å². The largest absolute Gasteiger partial charge is 0.484 e. The first-order valence-electron chi connectivity index (χ1n) is 8.42. The second kappa shape index (κ2) is 10.4. The lowest BCUT2D eigenvalue weighted by Crippen LogP contribution is -2.31. The lowest BCUT2D eigenvalue weighted by Gasteiger charge is -2.11. The van der Waals surface area contributed by atoms with Gasteiger partial charge in [-0.1, -0.05) is 30.3 Å². The Hall–Kier alpha value is -2.90. The Labute approximate surface area is 167 Å². The molecule has 2 aromatic rings. The molecular formula is C20H20ClFN2O4. The number of rotatable bonds is 9. The van der Waals surface area contributed by atoms with Gasteiger partial charge in [0, 0.05) is 30.3 Å². The van der Waals surface area contributed by atoms with Crippen molar-refractivity contribution in [1.29, 1.82) is 0 Å². The summed E-state index contributed by atoms with van der Waals surface area (Å²) in [5.74, 6) is -1.20. The topological polar surface area (TPSA) is 87.7 Å². The van der Waals surface area contributed by atoms with Crippen LogP contribution in [-0.2, 0) is 11.4 Å². The number of hydrogen-bond acceptors (Lipinski definition) is 4. The van der Waals surface area contributed by atoms with Crippen LogP contribution in [0.1, 0.15) is 22.3 Å². The molecule has 0 saturated carbocycles. The van der Waals surface area contributed by atoms with Gasteiger partial charge in [-0.25, -0.2) is 4.39 Å². The van der Waals surface area contributed by atoms with Gasteiger partial charge in [-0.15, -0.1) is 0 Å². The molecule has 0 saturated heterocycles. The Kier molecular flexibility index (Phi) is 7.98. The van der Waals surface area contributed by atoms with Crippen molar-refractivity contribution in [3.05, 3.63) is 76.7 Å². The maximum absolute atomic E-state index is 13.3. The minimum atomic E-state index is -0.635. The SMILES string of the molecule is C=C(CCNC(=O)c1cccc(CO)c1)NC(=O)COc1ccc(Cl)c(F)c1. The van der Waals surface area contributed by atoms with Gasteiger partial charge in [-0.3, -0.25) is 9.59 Å². The number of amides is 2. The van der Waals surface area contributed by atoms with E-state index < -0.39 is 11.7 Å². The van der Waals surface area contributed by atoms with Gasteiger partial charge in [0.25, 0.3) is 11.8 Å². The van der Waals surface area contributed by atoms with Crippen molar-refractivity contribution in [3.8, 4) is 5.75 Å².